The van der Waals surface area contributed by atoms with Crippen molar-refractivity contribution in [2.45, 2.75) is 0 Å². The molecule has 50 heavy (non-hydrogen) atoms. The quantitative estimate of drug-likeness (QED) is 0.169. The van der Waals surface area contributed by atoms with Crippen molar-refractivity contribution in [3.05, 3.63) is 194 Å². The molecule has 10 rings (SSSR count). The lowest BCUT2D eigenvalue weighted by molar-refractivity contribution is 1.57. The molecule has 0 spiro atoms. The molecule has 0 heteroatoms. The molecule has 0 saturated carbocycles. The van der Waals surface area contributed by atoms with E-state index in [0.29, 0.717) is 0 Å². The van der Waals surface area contributed by atoms with Crippen LogP contribution in [0.15, 0.2) is 194 Å². The summed E-state index contributed by atoms with van der Waals surface area (Å²) in [6, 6.07) is 71.5. The lowest BCUT2D eigenvalue weighted by Gasteiger charge is -2.14. The van der Waals surface area contributed by atoms with Crippen LogP contribution < -0.4 is 0 Å². The average molecular weight is 633 g/mol. The van der Waals surface area contributed by atoms with Gasteiger partial charge >= 0.3 is 0 Å². The monoisotopic (exact) mass is 632 g/mol. The number of hydrogen-bond acceptors (Lipinski definition) is 0. The number of hydrogen-bond donors (Lipinski definition) is 0. The molecule has 10 aromatic carbocycles. The summed E-state index contributed by atoms with van der Waals surface area (Å²) in [5.41, 5.74) is 9.71. The SMILES string of the molecule is c1cc(-c2cc(-c3ccc4ccccc4c3)cc(-c3ccc4ccccc4c3)c2)cc(-c2ccc3c4ccccc4c4ccccc4c3c2)c1. The molecule has 10 aromatic rings. The van der Waals surface area contributed by atoms with Crippen molar-refractivity contribution < 1.29 is 0 Å². The van der Waals surface area contributed by atoms with E-state index < -0.39 is 0 Å². The van der Waals surface area contributed by atoms with Crippen LogP contribution in [0.1, 0.15) is 0 Å². The summed E-state index contributed by atoms with van der Waals surface area (Å²) in [6.07, 6.45) is 0. The highest BCUT2D eigenvalue weighted by atomic mass is 14.2. The van der Waals surface area contributed by atoms with Gasteiger partial charge in [0.25, 0.3) is 0 Å². The van der Waals surface area contributed by atoms with Crippen LogP contribution in [0.4, 0.5) is 0 Å². The Balaban J connectivity index is 1.14. The second kappa shape index (κ2) is 11.6. The Kier molecular flexibility index (Phi) is 6.60. The zero-order chi connectivity index (χ0) is 33.0. The summed E-state index contributed by atoms with van der Waals surface area (Å²) in [6.45, 7) is 0. The Morgan fingerprint density at radius 3 is 1.02 bits per heavy atom. The van der Waals surface area contributed by atoms with Gasteiger partial charge in [-0.1, -0.05) is 152 Å². The third kappa shape index (κ3) is 4.85. The maximum absolute atomic E-state index is 2.38. The van der Waals surface area contributed by atoms with Crippen molar-refractivity contribution in [3.63, 3.8) is 0 Å². The number of benzene rings is 10. The molecule has 0 unspecified atom stereocenters. The van der Waals surface area contributed by atoms with Gasteiger partial charge < -0.3 is 0 Å². The molecule has 0 amide bonds. The maximum atomic E-state index is 2.38. The van der Waals surface area contributed by atoms with Crippen molar-refractivity contribution in [1.29, 1.82) is 0 Å². The second-order valence-electron chi connectivity index (χ2n) is 13.4. The van der Waals surface area contributed by atoms with Crippen LogP contribution in [0.3, 0.4) is 0 Å². The molecule has 0 aromatic heterocycles. The molecular weight excluding hydrogens is 601 g/mol. The molecule has 0 fully saturated rings. The topological polar surface area (TPSA) is 0 Å². The van der Waals surface area contributed by atoms with Gasteiger partial charge in [0.15, 0.2) is 0 Å². The predicted octanol–water partition coefficient (Wildman–Crippen LogP) is 14.1. The van der Waals surface area contributed by atoms with Crippen molar-refractivity contribution in [2.75, 3.05) is 0 Å². The van der Waals surface area contributed by atoms with Gasteiger partial charge in [0.1, 0.15) is 0 Å². The molecule has 232 valence electrons. The smallest absolute Gasteiger partial charge is 0.00928 e. The van der Waals surface area contributed by atoms with Crippen LogP contribution in [-0.2, 0) is 0 Å². The maximum Gasteiger partial charge on any atom is -0.00928 e. The third-order valence-electron chi connectivity index (χ3n) is 10.4. The fourth-order valence-electron chi connectivity index (χ4n) is 7.83. The van der Waals surface area contributed by atoms with E-state index in [1.807, 2.05) is 0 Å². The Morgan fingerprint density at radius 2 is 0.500 bits per heavy atom. The summed E-state index contributed by atoms with van der Waals surface area (Å²) in [5.74, 6) is 0. The Hall–Kier alpha value is -6.50. The zero-order valence-electron chi connectivity index (χ0n) is 27.5. The highest BCUT2D eigenvalue weighted by Crippen LogP contribution is 2.39. The van der Waals surface area contributed by atoms with Gasteiger partial charge in [0.05, 0.1) is 0 Å². The predicted molar refractivity (Wildman–Crippen MR) is 216 cm³/mol. The van der Waals surface area contributed by atoms with Crippen molar-refractivity contribution in [3.8, 4) is 44.5 Å². The number of fused-ring (bicyclic) bond motifs is 8. The summed E-state index contributed by atoms with van der Waals surface area (Å²) in [5, 5.41) is 12.8. The van der Waals surface area contributed by atoms with Crippen LogP contribution in [0.2, 0.25) is 0 Å². The lowest BCUT2D eigenvalue weighted by atomic mass is 9.90. The van der Waals surface area contributed by atoms with Gasteiger partial charge in [-0.3, -0.25) is 0 Å². The highest BCUT2D eigenvalue weighted by molar-refractivity contribution is 6.25. The largest absolute Gasteiger partial charge is 0.0616 e. The molecule has 0 nitrogen and oxygen atoms in total. The average Bonchev–Trinajstić information content (AvgIpc) is 3.20. The molecule has 0 aliphatic carbocycles. The molecule has 0 aliphatic heterocycles. The van der Waals surface area contributed by atoms with Crippen molar-refractivity contribution >= 4 is 53.9 Å². The first-order valence-corrected chi connectivity index (χ1v) is 17.3. The van der Waals surface area contributed by atoms with Crippen LogP contribution in [0, 0.1) is 0 Å². The van der Waals surface area contributed by atoms with E-state index in [2.05, 4.69) is 194 Å². The second-order valence-corrected chi connectivity index (χ2v) is 13.4. The van der Waals surface area contributed by atoms with Crippen LogP contribution in [0.5, 0.6) is 0 Å². The van der Waals surface area contributed by atoms with Crippen molar-refractivity contribution in [2.24, 2.45) is 0 Å². The minimum Gasteiger partial charge on any atom is -0.0616 e. The summed E-state index contributed by atoms with van der Waals surface area (Å²) < 4.78 is 0. The van der Waals surface area contributed by atoms with Crippen LogP contribution in [-0.4, -0.2) is 0 Å². The fraction of sp³-hybridized carbons (Fsp3) is 0. The highest BCUT2D eigenvalue weighted by Gasteiger charge is 2.12. The first-order chi connectivity index (χ1) is 24.7. The van der Waals surface area contributed by atoms with Crippen LogP contribution >= 0.6 is 0 Å². The van der Waals surface area contributed by atoms with Gasteiger partial charge in [-0.25, -0.2) is 0 Å². The van der Waals surface area contributed by atoms with Gasteiger partial charge in [-0.05, 0) is 141 Å². The van der Waals surface area contributed by atoms with E-state index in [0.717, 1.165) is 0 Å². The van der Waals surface area contributed by atoms with Crippen molar-refractivity contribution in [1.82, 2.24) is 0 Å². The fourth-order valence-corrected chi connectivity index (χ4v) is 7.83. The molecule has 0 aliphatic rings. The van der Waals surface area contributed by atoms with E-state index in [-0.39, 0.29) is 0 Å². The van der Waals surface area contributed by atoms with Crippen LogP contribution in [0.25, 0.3) is 98.4 Å². The van der Waals surface area contributed by atoms with Gasteiger partial charge in [0, 0.05) is 0 Å². The summed E-state index contributed by atoms with van der Waals surface area (Å²) >= 11 is 0. The Morgan fingerprint density at radius 1 is 0.160 bits per heavy atom. The first kappa shape index (κ1) is 28.5. The van der Waals surface area contributed by atoms with Gasteiger partial charge in [0.2, 0.25) is 0 Å². The van der Waals surface area contributed by atoms with E-state index in [4.69, 9.17) is 0 Å². The molecule has 0 saturated heterocycles. The minimum atomic E-state index is 1.20. The first-order valence-electron chi connectivity index (χ1n) is 17.3. The Labute approximate surface area is 291 Å². The normalized spacial score (nSPS) is 11.6. The Bertz CT molecular complexity index is 2790. The van der Waals surface area contributed by atoms with E-state index in [1.165, 1.54) is 98.4 Å². The van der Waals surface area contributed by atoms with E-state index in [9.17, 15) is 0 Å². The molecular formula is C50H32. The number of rotatable bonds is 4. The molecule has 0 N–H and O–H groups in total. The standard InChI is InChI=1S/C50H32/c1-3-12-35-26-39(22-20-33(35)10-1)43-29-42(30-44(31-43)40-23-21-34-11-2-4-13-36(34)27-40)38-15-9-14-37(28-38)41-24-25-49-47-18-6-5-16-45(47)46-17-7-8-19-48(46)50(49)32-41/h1-32H. The van der Waals surface area contributed by atoms with E-state index in [1.54, 1.807) is 0 Å². The lowest BCUT2D eigenvalue weighted by Crippen LogP contribution is -1.88. The summed E-state index contributed by atoms with van der Waals surface area (Å²) in [7, 11) is 0. The van der Waals surface area contributed by atoms with Gasteiger partial charge in [-0.15, -0.1) is 0 Å². The zero-order valence-corrected chi connectivity index (χ0v) is 27.5. The molecule has 0 heterocycles. The summed E-state index contributed by atoms with van der Waals surface area (Å²) in [4.78, 5) is 0. The molecule has 0 radical (unpaired) electrons. The van der Waals surface area contributed by atoms with Gasteiger partial charge in [-0.2, -0.15) is 0 Å². The minimum absolute atomic E-state index is 1.20. The van der Waals surface area contributed by atoms with E-state index >= 15 is 0 Å². The third-order valence-corrected chi connectivity index (χ3v) is 10.4. The molecule has 0 bridgehead atoms. The molecule has 0 atom stereocenters.